The Bertz CT molecular complexity index is 855. The molecule has 106 valence electrons. The van der Waals surface area contributed by atoms with Crippen LogP contribution < -0.4 is 0 Å². The summed E-state index contributed by atoms with van der Waals surface area (Å²) in [6.45, 7) is 0. The highest BCUT2D eigenvalue weighted by Crippen LogP contribution is 2.29. The molecule has 3 N–H and O–H groups in total. The van der Waals surface area contributed by atoms with Gasteiger partial charge >= 0.3 is 5.97 Å². The summed E-state index contributed by atoms with van der Waals surface area (Å²) >= 11 is 5.98. The van der Waals surface area contributed by atoms with Crippen LogP contribution in [0.5, 0.6) is 11.5 Å². The first-order chi connectivity index (χ1) is 9.95. The van der Waals surface area contributed by atoms with E-state index in [2.05, 4.69) is 10.2 Å². The van der Waals surface area contributed by atoms with Crippen LogP contribution in [0, 0.1) is 0 Å². The van der Waals surface area contributed by atoms with Crippen LogP contribution in [0.2, 0.25) is 5.02 Å². The van der Waals surface area contributed by atoms with Crippen molar-refractivity contribution in [3.05, 3.63) is 41.0 Å². The third-order valence-electron chi connectivity index (χ3n) is 2.87. The molecule has 0 atom stereocenters. The highest BCUT2D eigenvalue weighted by molar-refractivity contribution is 6.33. The second-order valence-electron chi connectivity index (χ2n) is 4.34. The SMILES string of the molecule is O=C(O)c1cc(Cl)c2nnc(-c3cc(O)cc(O)c3)n2c1. The summed E-state index contributed by atoms with van der Waals surface area (Å²) in [5.74, 6) is -1.19. The number of hydrogen-bond acceptors (Lipinski definition) is 5. The number of fused-ring (bicyclic) bond motifs is 1. The van der Waals surface area contributed by atoms with E-state index in [0.29, 0.717) is 5.56 Å². The number of aromatic carboxylic acids is 1. The fourth-order valence-corrected chi connectivity index (χ4v) is 2.24. The van der Waals surface area contributed by atoms with Crippen molar-refractivity contribution >= 4 is 23.2 Å². The zero-order valence-corrected chi connectivity index (χ0v) is 11.1. The maximum absolute atomic E-state index is 11.1. The molecule has 0 spiro atoms. The Labute approximate surface area is 122 Å². The van der Waals surface area contributed by atoms with Gasteiger partial charge in [0.05, 0.1) is 10.6 Å². The van der Waals surface area contributed by atoms with Crippen LogP contribution in [0.1, 0.15) is 10.4 Å². The van der Waals surface area contributed by atoms with Crippen molar-refractivity contribution in [2.75, 3.05) is 0 Å². The second-order valence-corrected chi connectivity index (χ2v) is 4.74. The van der Waals surface area contributed by atoms with Gasteiger partial charge in [0, 0.05) is 17.8 Å². The van der Waals surface area contributed by atoms with Gasteiger partial charge < -0.3 is 15.3 Å². The van der Waals surface area contributed by atoms with Gasteiger partial charge in [-0.05, 0) is 18.2 Å². The van der Waals surface area contributed by atoms with Crippen LogP contribution >= 0.6 is 11.6 Å². The molecule has 0 aliphatic rings. The second kappa shape index (κ2) is 4.64. The van der Waals surface area contributed by atoms with E-state index >= 15 is 0 Å². The van der Waals surface area contributed by atoms with Crippen LogP contribution in [0.3, 0.4) is 0 Å². The number of carboxylic acid groups (broad SMARTS) is 1. The summed E-state index contributed by atoms with van der Waals surface area (Å²) in [5, 5.41) is 36.1. The minimum Gasteiger partial charge on any atom is -0.508 e. The lowest BCUT2D eigenvalue weighted by Gasteiger charge is -2.04. The molecule has 3 aromatic rings. The number of carbonyl (C=O) groups is 1. The fourth-order valence-electron chi connectivity index (χ4n) is 1.99. The van der Waals surface area contributed by atoms with E-state index in [-0.39, 0.29) is 33.6 Å². The number of aromatic nitrogens is 3. The van der Waals surface area contributed by atoms with Crippen molar-refractivity contribution in [1.82, 2.24) is 14.6 Å². The molecule has 2 aromatic heterocycles. The Morgan fingerprint density at radius 3 is 2.38 bits per heavy atom. The molecule has 21 heavy (non-hydrogen) atoms. The van der Waals surface area contributed by atoms with E-state index in [1.165, 1.54) is 34.9 Å². The third-order valence-corrected chi connectivity index (χ3v) is 3.15. The fraction of sp³-hybridized carbons (Fsp3) is 0. The molecule has 0 fully saturated rings. The average molecular weight is 306 g/mol. The maximum atomic E-state index is 11.1. The van der Waals surface area contributed by atoms with Crippen molar-refractivity contribution < 1.29 is 20.1 Å². The lowest BCUT2D eigenvalue weighted by Crippen LogP contribution is -2.00. The van der Waals surface area contributed by atoms with E-state index in [1.807, 2.05) is 0 Å². The van der Waals surface area contributed by atoms with E-state index in [9.17, 15) is 15.0 Å². The number of phenolic OH excluding ortho intramolecular Hbond substituents is 2. The van der Waals surface area contributed by atoms with Crippen molar-refractivity contribution in [3.63, 3.8) is 0 Å². The summed E-state index contributed by atoms with van der Waals surface area (Å²) in [7, 11) is 0. The van der Waals surface area contributed by atoms with Gasteiger partial charge in [-0.25, -0.2) is 4.79 Å². The molecule has 1 aromatic carbocycles. The number of hydrogen-bond donors (Lipinski definition) is 3. The molecule has 8 heteroatoms. The number of aromatic hydroxyl groups is 2. The molecule has 0 radical (unpaired) electrons. The Morgan fingerprint density at radius 1 is 1.10 bits per heavy atom. The molecule has 0 aliphatic heterocycles. The predicted octanol–water partition coefficient (Wildman–Crippen LogP) is 2.16. The Kier molecular flexibility index (Phi) is 2.91. The third kappa shape index (κ3) is 2.23. The topological polar surface area (TPSA) is 108 Å². The number of carboxylic acids is 1. The van der Waals surface area contributed by atoms with Crippen LogP contribution in [0.25, 0.3) is 17.0 Å². The molecule has 0 bridgehead atoms. The summed E-state index contributed by atoms with van der Waals surface area (Å²) in [4.78, 5) is 11.1. The van der Waals surface area contributed by atoms with Crippen molar-refractivity contribution in [3.8, 4) is 22.9 Å². The van der Waals surface area contributed by atoms with Gasteiger partial charge in [0.2, 0.25) is 0 Å². The number of rotatable bonds is 2. The molecule has 0 saturated heterocycles. The Hall–Kier alpha value is -2.80. The average Bonchev–Trinajstić information content (AvgIpc) is 2.81. The van der Waals surface area contributed by atoms with E-state index in [1.54, 1.807) is 0 Å². The van der Waals surface area contributed by atoms with E-state index < -0.39 is 5.97 Å². The highest BCUT2D eigenvalue weighted by atomic mass is 35.5. The van der Waals surface area contributed by atoms with Crippen LogP contribution in [-0.2, 0) is 0 Å². The first-order valence-electron chi connectivity index (χ1n) is 5.76. The number of benzene rings is 1. The molecule has 7 nitrogen and oxygen atoms in total. The largest absolute Gasteiger partial charge is 0.508 e. The van der Waals surface area contributed by atoms with Gasteiger partial charge in [0.25, 0.3) is 0 Å². The standard InChI is InChI=1S/C13H8ClN3O4/c14-10-3-7(13(20)21)5-17-11(15-16-12(10)17)6-1-8(18)4-9(19)2-6/h1-5,18-19H,(H,20,21). The van der Waals surface area contributed by atoms with Gasteiger partial charge in [0.15, 0.2) is 11.5 Å². The van der Waals surface area contributed by atoms with Crippen molar-refractivity contribution in [2.45, 2.75) is 0 Å². The van der Waals surface area contributed by atoms with Gasteiger partial charge in [0.1, 0.15) is 11.5 Å². The smallest absolute Gasteiger partial charge is 0.337 e. The minimum atomic E-state index is -1.14. The number of phenols is 2. The number of pyridine rings is 1. The van der Waals surface area contributed by atoms with Crippen LogP contribution in [-0.4, -0.2) is 35.9 Å². The molecule has 0 saturated carbocycles. The minimum absolute atomic E-state index is 0.0297. The van der Waals surface area contributed by atoms with Gasteiger partial charge in [-0.1, -0.05) is 11.6 Å². The number of nitrogens with zero attached hydrogens (tertiary/aromatic N) is 3. The molecule has 0 unspecified atom stereocenters. The first kappa shape index (κ1) is 13.2. The molecule has 3 rings (SSSR count). The van der Waals surface area contributed by atoms with Crippen LogP contribution in [0.4, 0.5) is 0 Å². The summed E-state index contributed by atoms with van der Waals surface area (Å²) < 4.78 is 1.39. The summed E-state index contributed by atoms with van der Waals surface area (Å²) in [6, 6.07) is 5.19. The maximum Gasteiger partial charge on any atom is 0.337 e. The highest BCUT2D eigenvalue weighted by Gasteiger charge is 2.15. The Morgan fingerprint density at radius 2 is 1.76 bits per heavy atom. The predicted molar refractivity (Wildman–Crippen MR) is 73.7 cm³/mol. The van der Waals surface area contributed by atoms with Gasteiger partial charge in [-0.2, -0.15) is 0 Å². The first-order valence-corrected chi connectivity index (χ1v) is 6.14. The quantitative estimate of drug-likeness (QED) is 0.669. The number of halogens is 1. The molecule has 0 aliphatic carbocycles. The van der Waals surface area contributed by atoms with Crippen LogP contribution in [0.15, 0.2) is 30.5 Å². The molecule has 2 heterocycles. The molecular formula is C13H8ClN3O4. The van der Waals surface area contributed by atoms with Crippen molar-refractivity contribution in [1.29, 1.82) is 0 Å². The molecule has 0 amide bonds. The summed E-state index contributed by atoms with van der Waals surface area (Å²) in [6.07, 6.45) is 1.32. The normalized spacial score (nSPS) is 10.9. The zero-order chi connectivity index (χ0) is 15.1. The lowest BCUT2D eigenvalue weighted by atomic mass is 10.2. The Balaban J connectivity index is 2.30. The van der Waals surface area contributed by atoms with E-state index in [0.717, 1.165) is 0 Å². The summed E-state index contributed by atoms with van der Waals surface area (Å²) in [5.41, 5.74) is 0.621. The lowest BCUT2D eigenvalue weighted by molar-refractivity contribution is 0.0696. The van der Waals surface area contributed by atoms with E-state index in [4.69, 9.17) is 16.7 Å². The van der Waals surface area contributed by atoms with Gasteiger partial charge in [-0.3, -0.25) is 4.40 Å². The molecular weight excluding hydrogens is 298 g/mol. The van der Waals surface area contributed by atoms with Crippen molar-refractivity contribution in [2.24, 2.45) is 0 Å². The monoisotopic (exact) mass is 305 g/mol. The van der Waals surface area contributed by atoms with Gasteiger partial charge in [-0.15, -0.1) is 10.2 Å². The zero-order valence-electron chi connectivity index (χ0n) is 10.4.